The summed E-state index contributed by atoms with van der Waals surface area (Å²) in [6.07, 6.45) is 1.86. The fourth-order valence-electron chi connectivity index (χ4n) is 2.22. The quantitative estimate of drug-likeness (QED) is 0.847. The van der Waals surface area contributed by atoms with Gasteiger partial charge in [0.25, 0.3) is 0 Å². The van der Waals surface area contributed by atoms with Crippen LogP contribution in [0.1, 0.15) is 47.3 Å². The van der Waals surface area contributed by atoms with Crippen molar-refractivity contribution in [2.24, 2.45) is 0 Å². The van der Waals surface area contributed by atoms with Gasteiger partial charge in [-0.25, -0.2) is 14.8 Å². The summed E-state index contributed by atoms with van der Waals surface area (Å²) >= 11 is 0. The number of rotatable bonds is 2. The van der Waals surface area contributed by atoms with Gasteiger partial charge in [0, 0.05) is 6.61 Å². The molecule has 1 atom stereocenters. The van der Waals surface area contributed by atoms with Crippen molar-refractivity contribution in [1.82, 2.24) is 9.97 Å². The molecule has 1 aliphatic heterocycles. The average Bonchev–Trinajstić information content (AvgIpc) is 2.64. The molecule has 1 unspecified atom stereocenters. The molecule has 1 aromatic rings. The summed E-state index contributed by atoms with van der Waals surface area (Å²) in [5.74, 6) is -0.390. The zero-order chi connectivity index (χ0) is 12.6. The van der Waals surface area contributed by atoms with E-state index < -0.39 is 11.6 Å². The van der Waals surface area contributed by atoms with Gasteiger partial charge in [-0.2, -0.15) is 0 Å². The van der Waals surface area contributed by atoms with Crippen LogP contribution in [0.4, 0.5) is 0 Å². The molecule has 5 nitrogen and oxygen atoms in total. The Hall–Kier alpha value is -1.49. The molecule has 0 aromatic carbocycles. The highest BCUT2D eigenvalue weighted by atomic mass is 16.5. The van der Waals surface area contributed by atoms with Gasteiger partial charge in [-0.05, 0) is 33.6 Å². The highest BCUT2D eigenvalue weighted by molar-refractivity contribution is 5.89. The first kappa shape index (κ1) is 12.0. The first-order chi connectivity index (χ1) is 7.94. The number of aromatic nitrogens is 2. The van der Waals surface area contributed by atoms with E-state index in [2.05, 4.69) is 9.97 Å². The predicted octanol–water partition coefficient (Wildman–Crippen LogP) is 1.82. The lowest BCUT2D eigenvalue weighted by Crippen LogP contribution is -2.25. The van der Waals surface area contributed by atoms with E-state index in [1.54, 1.807) is 13.8 Å². The molecule has 0 spiro atoms. The summed E-state index contributed by atoms with van der Waals surface area (Å²) in [6.45, 7) is 6.05. The van der Waals surface area contributed by atoms with Crippen molar-refractivity contribution >= 4 is 5.97 Å². The summed E-state index contributed by atoms with van der Waals surface area (Å²) in [5, 5.41) is 9.06. The van der Waals surface area contributed by atoms with Gasteiger partial charge in [-0.15, -0.1) is 0 Å². The lowest BCUT2D eigenvalue weighted by atomic mass is 10.0. The van der Waals surface area contributed by atoms with Gasteiger partial charge in [0.2, 0.25) is 0 Å². The highest BCUT2D eigenvalue weighted by Crippen LogP contribution is 2.33. The Labute approximate surface area is 99.9 Å². The summed E-state index contributed by atoms with van der Waals surface area (Å²) in [7, 11) is 0. The van der Waals surface area contributed by atoms with Crippen molar-refractivity contribution in [1.29, 1.82) is 0 Å². The number of aromatic carboxylic acids is 1. The van der Waals surface area contributed by atoms with Crippen molar-refractivity contribution in [3.05, 3.63) is 22.8 Å². The third kappa shape index (κ3) is 2.02. The predicted molar refractivity (Wildman–Crippen MR) is 61.0 cm³/mol. The van der Waals surface area contributed by atoms with Crippen molar-refractivity contribution in [2.75, 3.05) is 6.61 Å². The minimum atomic E-state index is -0.982. The number of carbonyl (C=O) groups is 1. The topological polar surface area (TPSA) is 72.3 Å². The highest BCUT2D eigenvalue weighted by Gasteiger charge is 2.35. The van der Waals surface area contributed by atoms with E-state index in [-0.39, 0.29) is 5.56 Å². The molecule has 5 heteroatoms. The van der Waals surface area contributed by atoms with Crippen LogP contribution >= 0.6 is 0 Å². The molecule has 2 rings (SSSR count). The van der Waals surface area contributed by atoms with E-state index in [9.17, 15) is 4.79 Å². The molecular weight excluding hydrogens is 220 g/mol. The zero-order valence-corrected chi connectivity index (χ0v) is 10.3. The lowest BCUT2D eigenvalue weighted by Gasteiger charge is -2.22. The van der Waals surface area contributed by atoms with E-state index in [4.69, 9.17) is 9.84 Å². The van der Waals surface area contributed by atoms with Crippen molar-refractivity contribution in [3.8, 4) is 0 Å². The maximum atomic E-state index is 11.0. The molecular formula is C12H16N2O3. The number of carboxylic acid groups (broad SMARTS) is 1. The van der Waals surface area contributed by atoms with Gasteiger partial charge in [-0.1, -0.05) is 0 Å². The second kappa shape index (κ2) is 4.07. The van der Waals surface area contributed by atoms with Gasteiger partial charge in [0.05, 0.1) is 11.4 Å². The Morgan fingerprint density at radius 3 is 2.35 bits per heavy atom. The smallest absolute Gasteiger partial charge is 0.339 e. The second-order valence-corrected chi connectivity index (χ2v) is 4.58. The Morgan fingerprint density at radius 2 is 1.94 bits per heavy atom. The molecule has 17 heavy (non-hydrogen) atoms. The summed E-state index contributed by atoms with van der Waals surface area (Å²) in [4.78, 5) is 19.6. The monoisotopic (exact) mass is 236 g/mol. The van der Waals surface area contributed by atoms with Crippen molar-refractivity contribution < 1.29 is 14.6 Å². The molecule has 0 aliphatic carbocycles. The molecule has 0 bridgehead atoms. The molecule has 2 heterocycles. The number of hydrogen-bond donors (Lipinski definition) is 1. The van der Waals surface area contributed by atoms with Gasteiger partial charge in [0.15, 0.2) is 5.82 Å². The number of carboxylic acids is 1. The van der Waals surface area contributed by atoms with Crippen LogP contribution in [0, 0.1) is 13.8 Å². The van der Waals surface area contributed by atoms with E-state index in [1.165, 1.54) is 0 Å². The standard InChI is InChI=1S/C12H16N2O3/c1-7-9(10(15)16)8(2)14-11(13-7)12(3)5-4-6-17-12/h4-6H2,1-3H3,(H,15,16). The molecule has 1 fully saturated rings. The zero-order valence-electron chi connectivity index (χ0n) is 10.3. The molecule has 0 amide bonds. The van der Waals surface area contributed by atoms with Crippen LogP contribution < -0.4 is 0 Å². The summed E-state index contributed by atoms with van der Waals surface area (Å²) < 4.78 is 5.66. The van der Waals surface area contributed by atoms with Crippen LogP contribution in [-0.4, -0.2) is 27.7 Å². The van der Waals surface area contributed by atoms with E-state index in [0.717, 1.165) is 12.8 Å². The van der Waals surface area contributed by atoms with E-state index in [0.29, 0.717) is 23.8 Å². The van der Waals surface area contributed by atoms with Gasteiger partial charge in [0.1, 0.15) is 11.2 Å². The van der Waals surface area contributed by atoms with Crippen LogP contribution in [0.3, 0.4) is 0 Å². The van der Waals surface area contributed by atoms with E-state index in [1.807, 2.05) is 6.92 Å². The molecule has 1 aromatic heterocycles. The average molecular weight is 236 g/mol. The fourth-order valence-corrected chi connectivity index (χ4v) is 2.22. The maximum Gasteiger partial charge on any atom is 0.339 e. The molecule has 1 saturated heterocycles. The van der Waals surface area contributed by atoms with Gasteiger partial charge < -0.3 is 9.84 Å². The molecule has 0 radical (unpaired) electrons. The lowest BCUT2D eigenvalue weighted by molar-refractivity contribution is 0.00895. The SMILES string of the molecule is Cc1nc(C2(C)CCCO2)nc(C)c1C(=O)O. The first-order valence-electron chi connectivity index (χ1n) is 5.67. The fraction of sp³-hybridized carbons (Fsp3) is 0.583. The molecule has 0 saturated carbocycles. The molecule has 1 N–H and O–H groups in total. The van der Waals surface area contributed by atoms with Gasteiger partial charge >= 0.3 is 5.97 Å². The number of hydrogen-bond acceptors (Lipinski definition) is 4. The Balaban J connectivity index is 2.48. The summed E-state index contributed by atoms with van der Waals surface area (Å²) in [5.41, 5.74) is 0.718. The van der Waals surface area contributed by atoms with Crippen LogP contribution in [0.2, 0.25) is 0 Å². The van der Waals surface area contributed by atoms with Crippen LogP contribution in [-0.2, 0) is 10.3 Å². The van der Waals surface area contributed by atoms with Crippen LogP contribution in [0.5, 0.6) is 0 Å². The Kier molecular flexibility index (Phi) is 2.87. The first-order valence-corrected chi connectivity index (χ1v) is 5.67. The molecule has 1 aliphatic rings. The van der Waals surface area contributed by atoms with Crippen LogP contribution in [0.25, 0.3) is 0 Å². The number of aryl methyl sites for hydroxylation is 2. The van der Waals surface area contributed by atoms with Crippen LogP contribution in [0.15, 0.2) is 0 Å². The number of nitrogens with zero attached hydrogens (tertiary/aromatic N) is 2. The molecule has 92 valence electrons. The van der Waals surface area contributed by atoms with Crippen molar-refractivity contribution in [2.45, 2.75) is 39.2 Å². The minimum absolute atomic E-state index is 0.190. The Bertz CT molecular complexity index is 442. The number of ether oxygens (including phenoxy) is 1. The van der Waals surface area contributed by atoms with Gasteiger partial charge in [-0.3, -0.25) is 0 Å². The summed E-state index contributed by atoms with van der Waals surface area (Å²) in [6, 6.07) is 0. The largest absolute Gasteiger partial charge is 0.478 e. The second-order valence-electron chi connectivity index (χ2n) is 4.58. The Morgan fingerprint density at radius 1 is 1.35 bits per heavy atom. The third-order valence-electron chi connectivity index (χ3n) is 3.18. The normalized spacial score (nSPS) is 23.9. The maximum absolute atomic E-state index is 11.0. The third-order valence-corrected chi connectivity index (χ3v) is 3.18. The minimum Gasteiger partial charge on any atom is -0.478 e. The van der Waals surface area contributed by atoms with E-state index >= 15 is 0 Å². The van der Waals surface area contributed by atoms with Crippen molar-refractivity contribution in [3.63, 3.8) is 0 Å².